The number of halogens is 2. The van der Waals surface area contributed by atoms with E-state index in [1.54, 1.807) is 30.5 Å². The molecule has 5 heteroatoms. The molecule has 3 nitrogen and oxygen atoms in total. The summed E-state index contributed by atoms with van der Waals surface area (Å²) in [6.07, 6.45) is 1.58. The van der Waals surface area contributed by atoms with Crippen LogP contribution in [0.2, 0.25) is 0 Å². The lowest BCUT2D eigenvalue weighted by atomic mass is 10.3. The maximum absolute atomic E-state index is 13.0. The predicted octanol–water partition coefficient (Wildman–Crippen LogP) is 3.23. The van der Waals surface area contributed by atoms with Gasteiger partial charge in [-0.1, -0.05) is 0 Å². The normalized spacial score (nSPS) is 10.3. The monoisotopic (exact) mass is 296 g/mol. The van der Waals surface area contributed by atoms with Gasteiger partial charge in [0.2, 0.25) is 0 Å². The van der Waals surface area contributed by atoms with E-state index >= 15 is 0 Å². The molecule has 0 saturated carbocycles. The third-order valence-corrected chi connectivity index (χ3v) is 2.74. The molecule has 0 atom stereocenters. The van der Waals surface area contributed by atoms with E-state index in [0.717, 1.165) is 5.69 Å². The van der Waals surface area contributed by atoms with Crippen molar-refractivity contribution in [3.63, 3.8) is 0 Å². The molecule has 0 bridgehead atoms. The van der Waals surface area contributed by atoms with Crippen LogP contribution in [0.1, 0.15) is 5.69 Å². The number of pyridine rings is 1. The van der Waals surface area contributed by atoms with Crippen LogP contribution in [0.25, 0.3) is 0 Å². The van der Waals surface area contributed by atoms with Crippen LogP contribution in [-0.4, -0.2) is 4.98 Å². The van der Waals surface area contributed by atoms with Crippen LogP contribution in [0, 0.1) is 5.82 Å². The van der Waals surface area contributed by atoms with Gasteiger partial charge in [0.1, 0.15) is 17.3 Å². The minimum Gasteiger partial charge on any atom is -0.456 e. The lowest BCUT2D eigenvalue weighted by Crippen LogP contribution is -1.98. The van der Waals surface area contributed by atoms with Crippen LogP contribution in [0.4, 0.5) is 4.39 Å². The summed E-state index contributed by atoms with van der Waals surface area (Å²) in [6.45, 7) is 0.391. The summed E-state index contributed by atoms with van der Waals surface area (Å²) < 4.78 is 18.9. The highest BCUT2D eigenvalue weighted by molar-refractivity contribution is 9.10. The van der Waals surface area contributed by atoms with E-state index in [1.165, 1.54) is 6.07 Å². The van der Waals surface area contributed by atoms with E-state index in [2.05, 4.69) is 20.9 Å². The average Bonchev–Trinajstić information content (AvgIpc) is 2.35. The Hall–Kier alpha value is -1.46. The van der Waals surface area contributed by atoms with E-state index in [0.29, 0.717) is 22.5 Å². The van der Waals surface area contributed by atoms with Crippen molar-refractivity contribution in [1.29, 1.82) is 0 Å². The fourth-order valence-electron chi connectivity index (χ4n) is 1.27. The Kier molecular flexibility index (Phi) is 3.71. The second kappa shape index (κ2) is 5.25. The van der Waals surface area contributed by atoms with Crippen LogP contribution in [0.15, 0.2) is 41.0 Å². The Labute approximate surface area is 107 Å². The topological polar surface area (TPSA) is 48.1 Å². The van der Waals surface area contributed by atoms with Crippen LogP contribution in [-0.2, 0) is 6.54 Å². The van der Waals surface area contributed by atoms with Gasteiger partial charge in [0.05, 0.1) is 16.4 Å². The molecular formula is C12H10BrFN2O. The predicted molar refractivity (Wildman–Crippen MR) is 66.3 cm³/mol. The molecule has 0 spiro atoms. The quantitative estimate of drug-likeness (QED) is 0.946. The standard InChI is InChI=1S/C12H10BrFN2O/c13-11-5-9(3-4-12(11)14)17-10-2-1-8(6-15)16-7-10/h1-5,7H,6,15H2. The summed E-state index contributed by atoms with van der Waals surface area (Å²) in [4.78, 5) is 4.10. The maximum Gasteiger partial charge on any atom is 0.145 e. The fourth-order valence-corrected chi connectivity index (χ4v) is 1.63. The van der Waals surface area contributed by atoms with Crippen molar-refractivity contribution < 1.29 is 9.13 Å². The van der Waals surface area contributed by atoms with Crippen LogP contribution in [0.5, 0.6) is 11.5 Å². The number of ether oxygens (including phenoxy) is 1. The smallest absolute Gasteiger partial charge is 0.145 e. The second-order valence-corrected chi connectivity index (χ2v) is 4.22. The van der Waals surface area contributed by atoms with Gasteiger partial charge in [-0.15, -0.1) is 0 Å². The first-order valence-electron chi connectivity index (χ1n) is 4.97. The van der Waals surface area contributed by atoms with Crippen molar-refractivity contribution in [3.05, 3.63) is 52.5 Å². The molecule has 0 fully saturated rings. The number of rotatable bonds is 3. The van der Waals surface area contributed by atoms with Gasteiger partial charge >= 0.3 is 0 Å². The molecule has 1 heterocycles. The molecule has 0 amide bonds. The van der Waals surface area contributed by atoms with E-state index in [9.17, 15) is 4.39 Å². The Balaban J connectivity index is 2.16. The van der Waals surface area contributed by atoms with Crippen LogP contribution in [0.3, 0.4) is 0 Å². The zero-order valence-corrected chi connectivity index (χ0v) is 10.4. The average molecular weight is 297 g/mol. The Morgan fingerprint density at radius 3 is 2.59 bits per heavy atom. The van der Waals surface area contributed by atoms with E-state index in [1.807, 2.05) is 0 Å². The molecule has 2 N–H and O–H groups in total. The Bertz CT molecular complexity index is 516. The number of nitrogens with two attached hydrogens (primary N) is 1. The number of hydrogen-bond donors (Lipinski definition) is 1. The zero-order chi connectivity index (χ0) is 12.3. The fraction of sp³-hybridized carbons (Fsp3) is 0.0833. The van der Waals surface area contributed by atoms with Gasteiger partial charge in [0, 0.05) is 6.54 Å². The van der Waals surface area contributed by atoms with Crippen LogP contribution >= 0.6 is 15.9 Å². The Morgan fingerprint density at radius 1 is 1.24 bits per heavy atom. The number of nitrogens with zero attached hydrogens (tertiary/aromatic N) is 1. The van der Waals surface area contributed by atoms with Crippen molar-refractivity contribution in [1.82, 2.24) is 4.98 Å². The van der Waals surface area contributed by atoms with Gasteiger partial charge in [-0.05, 0) is 46.3 Å². The van der Waals surface area contributed by atoms with E-state index in [-0.39, 0.29) is 5.82 Å². The molecule has 0 radical (unpaired) electrons. The first kappa shape index (κ1) is 12.0. The molecule has 0 saturated heterocycles. The molecule has 0 unspecified atom stereocenters. The van der Waals surface area contributed by atoms with Crippen molar-refractivity contribution in [2.45, 2.75) is 6.54 Å². The minimum atomic E-state index is -0.325. The third-order valence-electron chi connectivity index (χ3n) is 2.13. The largest absolute Gasteiger partial charge is 0.456 e. The zero-order valence-electron chi connectivity index (χ0n) is 8.86. The molecule has 1 aromatic heterocycles. The molecule has 1 aromatic carbocycles. The Morgan fingerprint density at radius 2 is 2.00 bits per heavy atom. The highest BCUT2D eigenvalue weighted by Crippen LogP contribution is 2.25. The summed E-state index contributed by atoms with van der Waals surface area (Å²) in [5, 5.41) is 0. The molecule has 0 aliphatic rings. The van der Waals surface area contributed by atoms with Gasteiger partial charge in [-0.2, -0.15) is 0 Å². The number of aromatic nitrogens is 1. The summed E-state index contributed by atoms with van der Waals surface area (Å²) in [5.74, 6) is 0.801. The SMILES string of the molecule is NCc1ccc(Oc2ccc(F)c(Br)c2)cn1. The summed E-state index contributed by atoms with van der Waals surface area (Å²) in [7, 11) is 0. The lowest BCUT2D eigenvalue weighted by Gasteiger charge is -2.06. The highest BCUT2D eigenvalue weighted by Gasteiger charge is 2.03. The van der Waals surface area contributed by atoms with Gasteiger partial charge in [0.15, 0.2) is 0 Å². The van der Waals surface area contributed by atoms with Crippen molar-refractivity contribution in [2.24, 2.45) is 5.73 Å². The van der Waals surface area contributed by atoms with Crippen molar-refractivity contribution in [3.8, 4) is 11.5 Å². The minimum absolute atomic E-state index is 0.325. The van der Waals surface area contributed by atoms with Crippen LogP contribution < -0.4 is 10.5 Å². The first-order chi connectivity index (χ1) is 8.19. The third kappa shape index (κ3) is 3.01. The second-order valence-electron chi connectivity index (χ2n) is 3.37. The first-order valence-corrected chi connectivity index (χ1v) is 5.76. The van der Waals surface area contributed by atoms with Gasteiger partial charge in [-0.3, -0.25) is 4.98 Å². The summed E-state index contributed by atoms with van der Waals surface area (Å²) in [6, 6.07) is 8.00. The molecule has 88 valence electrons. The lowest BCUT2D eigenvalue weighted by molar-refractivity contribution is 0.477. The van der Waals surface area contributed by atoms with Gasteiger partial charge in [-0.25, -0.2) is 4.39 Å². The van der Waals surface area contributed by atoms with E-state index < -0.39 is 0 Å². The summed E-state index contributed by atoms with van der Waals surface area (Å²) >= 11 is 3.10. The van der Waals surface area contributed by atoms with Crippen molar-refractivity contribution in [2.75, 3.05) is 0 Å². The number of benzene rings is 1. The van der Waals surface area contributed by atoms with Gasteiger partial charge in [0.25, 0.3) is 0 Å². The highest BCUT2D eigenvalue weighted by atomic mass is 79.9. The van der Waals surface area contributed by atoms with Crippen molar-refractivity contribution >= 4 is 15.9 Å². The number of hydrogen-bond acceptors (Lipinski definition) is 3. The maximum atomic E-state index is 13.0. The molecule has 0 aliphatic carbocycles. The molecule has 2 aromatic rings. The molecule has 17 heavy (non-hydrogen) atoms. The van der Waals surface area contributed by atoms with Gasteiger partial charge < -0.3 is 10.5 Å². The molecule has 2 rings (SSSR count). The van der Waals surface area contributed by atoms with E-state index in [4.69, 9.17) is 10.5 Å². The molecular weight excluding hydrogens is 287 g/mol. The summed E-state index contributed by atoms with van der Waals surface area (Å²) in [5.41, 5.74) is 6.23. The molecule has 0 aliphatic heterocycles.